The number of anilines is 1. The largest absolute Gasteiger partial charge is 0.325 e. The summed E-state index contributed by atoms with van der Waals surface area (Å²) in [7, 11) is 0. The van der Waals surface area contributed by atoms with Crippen LogP contribution in [-0.2, 0) is 4.79 Å². The van der Waals surface area contributed by atoms with Crippen molar-refractivity contribution in [2.24, 2.45) is 0 Å². The molecule has 8 heteroatoms. The van der Waals surface area contributed by atoms with Crippen molar-refractivity contribution in [3.05, 3.63) is 70.7 Å². The number of carbonyl (C=O) groups is 1. The quantitative estimate of drug-likeness (QED) is 0.614. The number of benzene rings is 2. The van der Waals surface area contributed by atoms with E-state index in [1.807, 2.05) is 0 Å². The summed E-state index contributed by atoms with van der Waals surface area (Å²) < 4.78 is 14.8. The molecule has 0 saturated carbocycles. The van der Waals surface area contributed by atoms with Gasteiger partial charge in [-0.25, -0.2) is 9.37 Å². The van der Waals surface area contributed by atoms with Gasteiger partial charge in [0.15, 0.2) is 5.16 Å². The maximum Gasteiger partial charge on any atom is 0.234 e. The van der Waals surface area contributed by atoms with Gasteiger partial charge in [-0.15, -0.1) is 0 Å². The summed E-state index contributed by atoms with van der Waals surface area (Å²) in [5, 5.41) is 4.19. The Hall–Kier alpha value is -2.02. The van der Waals surface area contributed by atoms with Crippen LogP contribution in [0.2, 0.25) is 10.0 Å². The second-order valence-corrected chi connectivity index (χ2v) is 6.78. The second-order valence-electron chi connectivity index (χ2n) is 5.02. The summed E-state index contributed by atoms with van der Waals surface area (Å²) in [6.45, 7) is 0. The van der Waals surface area contributed by atoms with E-state index in [4.69, 9.17) is 23.2 Å². The molecule has 25 heavy (non-hydrogen) atoms. The topological polar surface area (TPSA) is 46.9 Å². The highest BCUT2D eigenvalue weighted by atomic mass is 35.5. The molecule has 1 aromatic heterocycles. The third-order valence-electron chi connectivity index (χ3n) is 3.25. The second kappa shape index (κ2) is 7.91. The number of amides is 1. The molecule has 2 aromatic carbocycles. The number of carbonyl (C=O) groups excluding carboxylic acids is 1. The van der Waals surface area contributed by atoms with Gasteiger partial charge in [-0.05, 0) is 42.5 Å². The number of rotatable bonds is 5. The van der Waals surface area contributed by atoms with Crippen molar-refractivity contribution in [1.29, 1.82) is 0 Å². The van der Waals surface area contributed by atoms with Crippen LogP contribution in [0.1, 0.15) is 0 Å². The molecule has 0 bridgehead atoms. The van der Waals surface area contributed by atoms with E-state index in [1.54, 1.807) is 47.3 Å². The molecule has 0 spiro atoms. The molecule has 0 unspecified atom stereocenters. The van der Waals surface area contributed by atoms with Gasteiger partial charge in [0.05, 0.1) is 15.8 Å². The summed E-state index contributed by atoms with van der Waals surface area (Å²) >= 11 is 13.0. The van der Waals surface area contributed by atoms with Crippen molar-refractivity contribution in [2.75, 3.05) is 11.1 Å². The van der Waals surface area contributed by atoms with Crippen molar-refractivity contribution >= 4 is 46.6 Å². The number of hydrogen-bond donors (Lipinski definition) is 1. The van der Waals surface area contributed by atoms with Crippen LogP contribution in [-0.4, -0.2) is 21.2 Å². The van der Waals surface area contributed by atoms with E-state index in [9.17, 15) is 9.18 Å². The van der Waals surface area contributed by atoms with Crippen LogP contribution < -0.4 is 5.32 Å². The number of hydrogen-bond acceptors (Lipinski definition) is 3. The zero-order chi connectivity index (χ0) is 17.8. The Bertz CT molecular complexity index is 899. The molecule has 0 aliphatic carbocycles. The molecule has 0 aliphatic rings. The van der Waals surface area contributed by atoms with Crippen molar-refractivity contribution in [3.63, 3.8) is 0 Å². The summed E-state index contributed by atoms with van der Waals surface area (Å²) in [5.41, 5.74) is 1.34. The Balaban J connectivity index is 1.64. The first-order chi connectivity index (χ1) is 12.0. The highest BCUT2D eigenvalue weighted by Crippen LogP contribution is 2.25. The fourth-order valence-corrected chi connectivity index (χ4v) is 3.17. The van der Waals surface area contributed by atoms with Gasteiger partial charge < -0.3 is 5.32 Å². The molecule has 0 fully saturated rings. The van der Waals surface area contributed by atoms with Gasteiger partial charge in [0.1, 0.15) is 5.82 Å². The Labute approximate surface area is 158 Å². The van der Waals surface area contributed by atoms with Crippen LogP contribution >= 0.6 is 35.0 Å². The number of halogens is 3. The van der Waals surface area contributed by atoms with Gasteiger partial charge in [-0.1, -0.05) is 35.0 Å². The van der Waals surface area contributed by atoms with Gasteiger partial charge in [0.25, 0.3) is 0 Å². The normalized spacial score (nSPS) is 10.7. The van der Waals surface area contributed by atoms with E-state index < -0.39 is 0 Å². The molecule has 0 atom stereocenters. The minimum atomic E-state index is -0.306. The van der Waals surface area contributed by atoms with Crippen molar-refractivity contribution in [3.8, 4) is 5.69 Å². The fraction of sp³-hybridized carbons (Fsp3) is 0.0588. The molecule has 1 heterocycles. The van der Waals surface area contributed by atoms with E-state index >= 15 is 0 Å². The van der Waals surface area contributed by atoms with E-state index in [1.165, 1.54) is 23.9 Å². The highest BCUT2D eigenvalue weighted by Gasteiger charge is 2.10. The third kappa shape index (κ3) is 4.54. The highest BCUT2D eigenvalue weighted by molar-refractivity contribution is 7.99. The summed E-state index contributed by atoms with van der Waals surface area (Å²) in [4.78, 5) is 16.3. The third-order valence-corrected chi connectivity index (χ3v) is 4.95. The summed E-state index contributed by atoms with van der Waals surface area (Å²) in [5.74, 6) is -0.338. The van der Waals surface area contributed by atoms with Crippen molar-refractivity contribution < 1.29 is 9.18 Å². The molecule has 4 nitrogen and oxygen atoms in total. The maximum absolute atomic E-state index is 13.0. The van der Waals surface area contributed by atoms with E-state index in [0.29, 0.717) is 20.9 Å². The average molecular weight is 396 g/mol. The molecule has 0 radical (unpaired) electrons. The number of thioether (sulfide) groups is 1. The SMILES string of the molecule is O=C(CSc1nccn1-c1ccc(F)cc1)Nc1ccc(Cl)c(Cl)c1. The zero-order valence-corrected chi connectivity index (χ0v) is 15.1. The molecule has 0 aliphatic heterocycles. The zero-order valence-electron chi connectivity index (χ0n) is 12.7. The van der Waals surface area contributed by atoms with E-state index in [0.717, 1.165) is 5.69 Å². The molecule has 1 N–H and O–H groups in total. The van der Waals surface area contributed by atoms with Gasteiger partial charge in [0, 0.05) is 23.8 Å². The molecule has 3 rings (SSSR count). The van der Waals surface area contributed by atoms with E-state index in [2.05, 4.69) is 10.3 Å². The summed E-state index contributed by atoms with van der Waals surface area (Å²) in [6.07, 6.45) is 3.38. The number of imidazole rings is 1. The Morgan fingerprint density at radius 1 is 1.16 bits per heavy atom. The lowest BCUT2D eigenvalue weighted by molar-refractivity contribution is -0.113. The van der Waals surface area contributed by atoms with Crippen LogP contribution in [0.5, 0.6) is 0 Å². The van der Waals surface area contributed by atoms with Gasteiger partial charge in [-0.3, -0.25) is 9.36 Å². The standard InChI is InChI=1S/C17H12Cl2FN3OS/c18-14-6-3-12(9-15(14)19)22-16(24)10-25-17-21-7-8-23(17)13-4-1-11(20)2-5-13/h1-9H,10H2,(H,22,24). The van der Waals surface area contributed by atoms with Gasteiger partial charge in [-0.2, -0.15) is 0 Å². The first kappa shape index (κ1) is 17.8. The predicted octanol–water partition coefficient (Wildman–Crippen LogP) is 5.05. The minimum absolute atomic E-state index is 0.165. The van der Waals surface area contributed by atoms with Gasteiger partial charge in [0.2, 0.25) is 5.91 Å². The maximum atomic E-state index is 13.0. The minimum Gasteiger partial charge on any atom is -0.325 e. The first-order valence-electron chi connectivity index (χ1n) is 7.20. The fourth-order valence-electron chi connectivity index (χ4n) is 2.10. The van der Waals surface area contributed by atoms with Gasteiger partial charge >= 0.3 is 0 Å². The lowest BCUT2D eigenvalue weighted by atomic mass is 10.3. The van der Waals surface area contributed by atoms with Crippen molar-refractivity contribution in [2.45, 2.75) is 5.16 Å². The Morgan fingerprint density at radius 3 is 2.64 bits per heavy atom. The van der Waals surface area contributed by atoms with Crippen molar-refractivity contribution in [1.82, 2.24) is 9.55 Å². The van der Waals surface area contributed by atoms with Crippen LogP contribution in [0.25, 0.3) is 5.69 Å². The smallest absolute Gasteiger partial charge is 0.234 e. The van der Waals surface area contributed by atoms with E-state index in [-0.39, 0.29) is 17.5 Å². The molecular formula is C17H12Cl2FN3OS. The van der Waals surface area contributed by atoms with Crippen LogP contribution in [0.4, 0.5) is 10.1 Å². The molecule has 0 saturated heterocycles. The monoisotopic (exact) mass is 395 g/mol. The predicted molar refractivity (Wildman–Crippen MR) is 99.3 cm³/mol. The lowest BCUT2D eigenvalue weighted by Crippen LogP contribution is -2.14. The lowest BCUT2D eigenvalue weighted by Gasteiger charge is -2.08. The molecular weight excluding hydrogens is 384 g/mol. The molecule has 1 amide bonds. The first-order valence-corrected chi connectivity index (χ1v) is 8.94. The average Bonchev–Trinajstić information content (AvgIpc) is 3.06. The Kier molecular flexibility index (Phi) is 5.63. The number of aromatic nitrogens is 2. The molecule has 128 valence electrons. The van der Waals surface area contributed by atoms with Crippen LogP contribution in [0.15, 0.2) is 60.0 Å². The van der Waals surface area contributed by atoms with Crippen LogP contribution in [0.3, 0.4) is 0 Å². The van der Waals surface area contributed by atoms with Crippen LogP contribution in [0, 0.1) is 5.82 Å². The number of nitrogens with zero attached hydrogens (tertiary/aromatic N) is 2. The number of nitrogens with one attached hydrogen (secondary N) is 1. The summed E-state index contributed by atoms with van der Waals surface area (Å²) in [6, 6.07) is 10.9. The Morgan fingerprint density at radius 2 is 1.92 bits per heavy atom. The molecule has 3 aromatic rings.